The maximum absolute atomic E-state index is 12.1. The molecule has 1 aromatic rings. The second-order valence-corrected chi connectivity index (χ2v) is 6.17. The average molecular weight is 349 g/mol. The number of morpholine rings is 1. The van der Waals surface area contributed by atoms with Crippen LogP contribution in [0.1, 0.15) is 24.8 Å². The van der Waals surface area contributed by atoms with E-state index in [1.54, 1.807) is 0 Å². The third-order valence-electron chi connectivity index (χ3n) is 4.32. The summed E-state index contributed by atoms with van der Waals surface area (Å²) in [6, 6.07) is 9.49. The highest BCUT2D eigenvalue weighted by Crippen LogP contribution is 2.16. The van der Waals surface area contributed by atoms with Crippen molar-refractivity contribution in [3.63, 3.8) is 0 Å². The zero-order chi connectivity index (χ0) is 17.9. The molecule has 0 unspecified atom stereocenters. The molecule has 0 saturated carbocycles. The highest BCUT2D eigenvalue weighted by Gasteiger charge is 2.23. The fraction of sp³-hybridized carbons (Fsp3) is 0.579. The Hall–Kier alpha value is -1.92. The molecule has 1 atom stereocenters. The van der Waals surface area contributed by atoms with Crippen LogP contribution < -0.4 is 0 Å². The molecular weight excluding hydrogens is 322 g/mol. The van der Waals surface area contributed by atoms with E-state index in [0.29, 0.717) is 6.42 Å². The van der Waals surface area contributed by atoms with E-state index in [2.05, 4.69) is 4.90 Å². The summed E-state index contributed by atoms with van der Waals surface area (Å²) >= 11 is 0. The largest absolute Gasteiger partial charge is 0.469 e. The minimum Gasteiger partial charge on any atom is -0.469 e. The van der Waals surface area contributed by atoms with Gasteiger partial charge >= 0.3 is 11.9 Å². The zero-order valence-electron chi connectivity index (χ0n) is 14.8. The normalized spacial score (nSPS) is 16.2. The smallest absolute Gasteiger partial charge is 0.309 e. The van der Waals surface area contributed by atoms with E-state index in [1.165, 1.54) is 7.11 Å². The molecule has 138 valence electrons. The second kappa shape index (κ2) is 10.8. The molecule has 0 N–H and O–H groups in total. The number of carbonyl (C=O) groups excluding carboxylic acids is 2. The number of esters is 2. The average Bonchev–Trinajstić information content (AvgIpc) is 2.66. The van der Waals surface area contributed by atoms with Crippen LogP contribution in [0.2, 0.25) is 0 Å². The summed E-state index contributed by atoms with van der Waals surface area (Å²) in [5.74, 6) is -1.17. The van der Waals surface area contributed by atoms with Gasteiger partial charge < -0.3 is 14.2 Å². The van der Waals surface area contributed by atoms with Crippen LogP contribution in [0.3, 0.4) is 0 Å². The van der Waals surface area contributed by atoms with Crippen molar-refractivity contribution in [1.82, 2.24) is 4.90 Å². The maximum Gasteiger partial charge on any atom is 0.309 e. The third-order valence-corrected chi connectivity index (χ3v) is 4.32. The van der Waals surface area contributed by atoms with Crippen molar-refractivity contribution in [3.8, 4) is 0 Å². The molecule has 2 rings (SSSR count). The fourth-order valence-corrected chi connectivity index (χ4v) is 2.85. The van der Waals surface area contributed by atoms with Crippen molar-refractivity contribution in [2.45, 2.75) is 25.9 Å². The Kier molecular flexibility index (Phi) is 8.42. The molecule has 1 heterocycles. The number of nitrogens with zero attached hydrogens (tertiary/aromatic N) is 1. The molecule has 0 aliphatic carbocycles. The van der Waals surface area contributed by atoms with Crippen molar-refractivity contribution in [2.24, 2.45) is 5.92 Å². The predicted octanol–water partition coefficient (Wildman–Crippen LogP) is 2.02. The van der Waals surface area contributed by atoms with Crippen LogP contribution in [0.5, 0.6) is 0 Å². The summed E-state index contributed by atoms with van der Waals surface area (Å²) in [6.07, 6.45) is 1.51. The molecule has 1 saturated heterocycles. The number of ether oxygens (including phenoxy) is 3. The van der Waals surface area contributed by atoms with Crippen LogP contribution in [-0.2, 0) is 30.4 Å². The quantitative estimate of drug-likeness (QED) is 0.636. The molecule has 1 aromatic carbocycles. The number of hydrogen-bond acceptors (Lipinski definition) is 6. The monoisotopic (exact) mass is 349 g/mol. The second-order valence-electron chi connectivity index (χ2n) is 6.17. The molecule has 6 nitrogen and oxygen atoms in total. The van der Waals surface area contributed by atoms with Gasteiger partial charge in [0.2, 0.25) is 0 Å². The molecule has 25 heavy (non-hydrogen) atoms. The Morgan fingerprint density at radius 2 is 1.92 bits per heavy atom. The van der Waals surface area contributed by atoms with Gasteiger partial charge in [-0.2, -0.15) is 0 Å². The standard InChI is InChI=1S/C19H27NO5/c1-23-19(22)17(8-5-9-20-10-12-24-13-11-20)14-18(21)25-15-16-6-3-2-4-7-16/h2-4,6-7,17H,5,8-15H2,1H3/t17-/m1/s1. The first-order chi connectivity index (χ1) is 12.2. The van der Waals surface area contributed by atoms with E-state index in [9.17, 15) is 9.59 Å². The number of hydrogen-bond donors (Lipinski definition) is 0. The van der Waals surface area contributed by atoms with Crippen molar-refractivity contribution >= 4 is 11.9 Å². The molecule has 0 spiro atoms. The lowest BCUT2D eigenvalue weighted by atomic mass is 9.99. The van der Waals surface area contributed by atoms with E-state index in [-0.39, 0.29) is 25.0 Å². The predicted molar refractivity (Wildman–Crippen MR) is 92.9 cm³/mol. The molecule has 1 fully saturated rings. The van der Waals surface area contributed by atoms with Crippen LogP contribution in [0, 0.1) is 5.92 Å². The summed E-state index contributed by atoms with van der Waals surface area (Å²) < 4.78 is 15.4. The Labute approximate surface area is 149 Å². The van der Waals surface area contributed by atoms with E-state index >= 15 is 0 Å². The summed E-state index contributed by atoms with van der Waals surface area (Å²) in [5.41, 5.74) is 0.929. The van der Waals surface area contributed by atoms with Crippen LogP contribution in [0.25, 0.3) is 0 Å². The maximum atomic E-state index is 12.1. The van der Waals surface area contributed by atoms with Gasteiger partial charge in [0.25, 0.3) is 0 Å². The Morgan fingerprint density at radius 3 is 2.60 bits per heavy atom. The van der Waals surface area contributed by atoms with Gasteiger partial charge in [0.15, 0.2) is 0 Å². The van der Waals surface area contributed by atoms with E-state index < -0.39 is 5.92 Å². The molecular formula is C19H27NO5. The molecule has 0 bridgehead atoms. The molecule has 0 radical (unpaired) electrons. The van der Waals surface area contributed by atoms with Crippen molar-refractivity contribution < 1.29 is 23.8 Å². The van der Waals surface area contributed by atoms with E-state index in [1.807, 2.05) is 30.3 Å². The fourth-order valence-electron chi connectivity index (χ4n) is 2.85. The van der Waals surface area contributed by atoms with Crippen molar-refractivity contribution in [2.75, 3.05) is 40.0 Å². The molecule has 0 amide bonds. The highest BCUT2D eigenvalue weighted by molar-refractivity contribution is 5.79. The lowest BCUT2D eigenvalue weighted by Gasteiger charge is -2.26. The van der Waals surface area contributed by atoms with Gasteiger partial charge in [-0.15, -0.1) is 0 Å². The summed E-state index contributed by atoms with van der Waals surface area (Å²) in [4.78, 5) is 26.3. The van der Waals surface area contributed by atoms with Gasteiger partial charge in [-0.1, -0.05) is 30.3 Å². The summed E-state index contributed by atoms with van der Waals surface area (Å²) in [5, 5.41) is 0. The lowest BCUT2D eigenvalue weighted by molar-refractivity contribution is -0.154. The number of methoxy groups -OCH3 is 1. The molecule has 6 heteroatoms. The lowest BCUT2D eigenvalue weighted by Crippen LogP contribution is -2.37. The topological polar surface area (TPSA) is 65.1 Å². The van der Waals surface area contributed by atoms with Gasteiger partial charge in [-0.05, 0) is 24.9 Å². The molecule has 1 aliphatic heterocycles. The van der Waals surface area contributed by atoms with Crippen molar-refractivity contribution in [1.29, 1.82) is 0 Å². The van der Waals surface area contributed by atoms with Crippen LogP contribution in [0.15, 0.2) is 30.3 Å². The third kappa shape index (κ3) is 7.23. The van der Waals surface area contributed by atoms with Gasteiger partial charge in [-0.3, -0.25) is 14.5 Å². The first-order valence-electron chi connectivity index (χ1n) is 8.76. The van der Waals surface area contributed by atoms with Crippen molar-refractivity contribution in [3.05, 3.63) is 35.9 Å². The summed E-state index contributed by atoms with van der Waals surface area (Å²) in [7, 11) is 1.35. The SMILES string of the molecule is COC(=O)[C@H](CCCN1CCOCC1)CC(=O)OCc1ccccc1. The number of rotatable bonds is 9. The number of carbonyl (C=O) groups is 2. The van der Waals surface area contributed by atoms with Crippen LogP contribution in [-0.4, -0.2) is 56.8 Å². The minimum absolute atomic E-state index is 0.0582. The van der Waals surface area contributed by atoms with Gasteiger partial charge in [0.1, 0.15) is 6.61 Å². The van der Waals surface area contributed by atoms with Gasteiger partial charge in [0, 0.05) is 13.1 Å². The van der Waals surface area contributed by atoms with Crippen LogP contribution in [0.4, 0.5) is 0 Å². The Balaban J connectivity index is 1.74. The molecule has 1 aliphatic rings. The molecule has 0 aromatic heterocycles. The van der Waals surface area contributed by atoms with Crippen LogP contribution >= 0.6 is 0 Å². The first kappa shape index (κ1) is 19.4. The zero-order valence-corrected chi connectivity index (χ0v) is 14.8. The Bertz CT molecular complexity index is 528. The first-order valence-corrected chi connectivity index (χ1v) is 8.76. The highest BCUT2D eigenvalue weighted by atomic mass is 16.5. The van der Waals surface area contributed by atoms with E-state index in [0.717, 1.165) is 44.8 Å². The Morgan fingerprint density at radius 1 is 1.20 bits per heavy atom. The number of benzene rings is 1. The van der Waals surface area contributed by atoms with E-state index in [4.69, 9.17) is 14.2 Å². The minimum atomic E-state index is -0.450. The van der Waals surface area contributed by atoms with Gasteiger partial charge in [-0.25, -0.2) is 0 Å². The van der Waals surface area contributed by atoms with Gasteiger partial charge in [0.05, 0.1) is 32.7 Å². The summed E-state index contributed by atoms with van der Waals surface area (Å²) in [6.45, 7) is 4.47.